The van der Waals surface area contributed by atoms with Gasteiger partial charge in [-0.2, -0.15) is 0 Å². The molecule has 1 aromatic rings. The van der Waals surface area contributed by atoms with Crippen molar-refractivity contribution in [1.82, 2.24) is 10.2 Å². The number of likely N-dealkylation sites (tertiary alicyclic amines) is 1. The minimum absolute atomic E-state index is 0.325. The topological polar surface area (TPSA) is 116 Å². The molecule has 3 N–H and O–H groups in total. The Labute approximate surface area is 176 Å². The average molecular weight is 418 g/mol. The third kappa shape index (κ3) is 4.82. The van der Waals surface area contributed by atoms with E-state index in [-0.39, 0.29) is 5.91 Å². The van der Waals surface area contributed by atoms with Crippen LogP contribution in [0.25, 0.3) is 0 Å². The van der Waals surface area contributed by atoms with Gasteiger partial charge in [-0.1, -0.05) is 30.3 Å². The molecule has 1 amide bonds. The molecule has 8 heteroatoms. The standard InChI is InChI=1S/C22H30N2O6/c1-15(23-17(20(26)27)9-8-16-6-3-2-4-7-16)19(25)24-18(21(28)29)10-12-22(24)11-5-13-30-14-22/h2-4,6-7,15,17-18,23H,5,8-14H2,1H3,(H,26,27)(H,28,29)/t15-,17?,18-,22?/m0/s1. The second-order valence-electron chi connectivity index (χ2n) is 8.28. The van der Waals surface area contributed by atoms with Gasteiger partial charge in [-0.05, 0) is 51.0 Å². The molecule has 2 aliphatic rings. The molecule has 0 saturated carbocycles. The van der Waals surface area contributed by atoms with Crippen LogP contribution >= 0.6 is 0 Å². The Hall–Kier alpha value is -2.45. The number of hydrogen-bond acceptors (Lipinski definition) is 5. The van der Waals surface area contributed by atoms with Crippen LogP contribution in [0, 0.1) is 0 Å². The Kier molecular flexibility index (Phi) is 7.10. The lowest BCUT2D eigenvalue weighted by atomic mass is 9.89. The summed E-state index contributed by atoms with van der Waals surface area (Å²) in [6, 6.07) is 6.93. The number of nitrogens with one attached hydrogen (secondary N) is 1. The number of aryl methyl sites for hydroxylation is 1. The van der Waals surface area contributed by atoms with Crippen LogP contribution in [0.15, 0.2) is 30.3 Å². The van der Waals surface area contributed by atoms with Crippen LogP contribution in [-0.2, 0) is 25.5 Å². The van der Waals surface area contributed by atoms with Crippen LogP contribution in [0.2, 0.25) is 0 Å². The highest BCUT2D eigenvalue weighted by Gasteiger charge is 2.53. The second kappa shape index (κ2) is 9.57. The molecule has 0 aliphatic carbocycles. The summed E-state index contributed by atoms with van der Waals surface area (Å²) in [6.45, 7) is 2.54. The summed E-state index contributed by atoms with van der Waals surface area (Å²) >= 11 is 0. The molecule has 30 heavy (non-hydrogen) atoms. The van der Waals surface area contributed by atoms with E-state index in [9.17, 15) is 24.6 Å². The van der Waals surface area contributed by atoms with E-state index in [0.29, 0.717) is 45.3 Å². The zero-order chi connectivity index (χ0) is 21.7. The molecule has 2 heterocycles. The number of carbonyl (C=O) groups excluding carboxylic acids is 1. The lowest BCUT2D eigenvalue weighted by Crippen LogP contribution is -2.61. The van der Waals surface area contributed by atoms with Gasteiger partial charge < -0.3 is 19.8 Å². The van der Waals surface area contributed by atoms with E-state index in [0.717, 1.165) is 12.0 Å². The fourth-order valence-electron chi connectivity index (χ4n) is 4.65. The van der Waals surface area contributed by atoms with E-state index in [1.807, 2.05) is 30.3 Å². The molecule has 1 spiro atoms. The predicted molar refractivity (Wildman–Crippen MR) is 109 cm³/mol. The highest BCUT2D eigenvalue weighted by atomic mass is 16.5. The van der Waals surface area contributed by atoms with Gasteiger partial charge in [0.1, 0.15) is 12.1 Å². The zero-order valence-corrected chi connectivity index (χ0v) is 17.3. The molecule has 0 aromatic heterocycles. The zero-order valence-electron chi connectivity index (χ0n) is 17.3. The minimum Gasteiger partial charge on any atom is -0.480 e. The van der Waals surface area contributed by atoms with Gasteiger partial charge in [-0.25, -0.2) is 4.79 Å². The lowest BCUT2D eigenvalue weighted by molar-refractivity contribution is -0.157. The van der Waals surface area contributed by atoms with Crippen molar-refractivity contribution in [2.75, 3.05) is 13.2 Å². The third-order valence-electron chi connectivity index (χ3n) is 6.21. The molecule has 8 nitrogen and oxygen atoms in total. The number of rotatable bonds is 8. The van der Waals surface area contributed by atoms with Gasteiger partial charge in [0, 0.05) is 6.61 Å². The summed E-state index contributed by atoms with van der Waals surface area (Å²) in [5.74, 6) is -2.44. The Bertz CT molecular complexity index is 762. The number of carboxylic acids is 2. The summed E-state index contributed by atoms with van der Waals surface area (Å²) in [5.41, 5.74) is 0.408. The smallest absolute Gasteiger partial charge is 0.326 e. The summed E-state index contributed by atoms with van der Waals surface area (Å²) in [7, 11) is 0. The molecule has 3 rings (SSSR count). The van der Waals surface area contributed by atoms with Crippen LogP contribution in [0.4, 0.5) is 0 Å². The molecule has 2 aliphatic heterocycles. The van der Waals surface area contributed by atoms with Crippen LogP contribution in [0.3, 0.4) is 0 Å². The third-order valence-corrected chi connectivity index (χ3v) is 6.21. The monoisotopic (exact) mass is 418 g/mol. The number of hydrogen-bond donors (Lipinski definition) is 3. The predicted octanol–water partition coefficient (Wildman–Crippen LogP) is 1.68. The van der Waals surface area contributed by atoms with Crippen molar-refractivity contribution in [2.24, 2.45) is 0 Å². The largest absolute Gasteiger partial charge is 0.480 e. The molecule has 1 aromatic carbocycles. The van der Waals surface area contributed by atoms with Crippen molar-refractivity contribution in [3.63, 3.8) is 0 Å². The highest BCUT2D eigenvalue weighted by Crippen LogP contribution is 2.40. The van der Waals surface area contributed by atoms with Gasteiger partial charge in [-0.3, -0.25) is 14.9 Å². The van der Waals surface area contributed by atoms with Crippen LogP contribution < -0.4 is 5.32 Å². The van der Waals surface area contributed by atoms with Crippen molar-refractivity contribution in [3.8, 4) is 0 Å². The van der Waals surface area contributed by atoms with Crippen LogP contribution in [0.1, 0.15) is 44.6 Å². The maximum Gasteiger partial charge on any atom is 0.326 e. The van der Waals surface area contributed by atoms with Crippen molar-refractivity contribution in [2.45, 2.75) is 69.1 Å². The van der Waals surface area contributed by atoms with E-state index in [4.69, 9.17) is 4.74 Å². The molecule has 2 fully saturated rings. The van der Waals surface area contributed by atoms with E-state index in [1.165, 1.54) is 4.90 Å². The van der Waals surface area contributed by atoms with E-state index in [1.54, 1.807) is 6.92 Å². The van der Waals surface area contributed by atoms with E-state index < -0.39 is 35.6 Å². The van der Waals surface area contributed by atoms with Gasteiger partial charge in [0.2, 0.25) is 5.91 Å². The number of carboxylic acid groups (broad SMARTS) is 2. The SMILES string of the molecule is C[C@H](NC(CCc1ccccc1)C(=O)O)C(=O)N1[C@H](C(=O)O)CCC12CCCOC2. The second-order valence-corrected chi connectivity index (χ2v) is 8.28. The summed E-state index contributed by atoms with van der Waals surface area (Å²) in [6.07, 6.45) is 3.32. The van der Waals surface area contributed by atoms with Crippen molar-refractivity contribution in [3.05, 3.63) is 35.9 Å². The van der Waals surface area contributed by atoms with Crippen molar-refractivity contribution < 1.29 is 29.3 Å². The van der Waals surface area contributed by atoms with Gasteiger partial charge in [-0.15, -0.1) is 0 Å². The molecule has 2 unspecified atom stereocenters. The first-order valence-electron chi connectivity index (χ1n) is 10.5. The molecule has 0 bridgehead atoms. The first-order valence-corrected chi connectivity index (χ1v) is 10.5. The Morgan fingerprint density at radius 1 is 1.23 bits per heavy atom. The van der Waals surface area contributed by atoms with Crippen molar-refractivity contribution >= 4 is 17.8 Å². The van der Waals surface area contributed by atoms with Gasteiger partial charge in [0.05, 0.1) is 18.2 Å². The van der Waals surface area contributed by atoms with Crippen molar-refractivity contribution in [1.29, 1.82) is 0 Å². The first-order chi connectivity index (χ1) is 14.3. The lowest BCUT2D eigenvalue weighted by Gasteiger charge is -2.43. The number of amides is 1. The average Bonchev–Trinajstić information content (AvgIpc) is 3.09. The van der Waals surface area contributed by atoms with Gasteiger partial charge >= 0.3 is 11.9 Å². The number of ether oxygens (including phenoxy) is 1. The highest BCUT2D eigenvalue weighted by molar-refractivity contribution is 5.89. The maximum absolute atomic E-state index is 13.3. The molecular formula is C22H30N2O6. The summed E-state index contributed by atoms with van der Waals surface area (Å²) in [5, 5.41) is 22.2. The number of benzene rings is 1. The summed E-state index contributed by atoms with van der Waals surface area (Å²) in [4.78, 5) is 38.4. The fourth-order valence-corrected chi connectivity index (χ4v) is 4.65. The van der Waals surface area contributed by atoms with E-state index >= 15 is 0 Å². The van der Waals surface area contributed by atoms with Gasteiger partial charge in [0.15, 0.2) is 0 Å². The Balaban J connectivity index is 1.71. The number of carbonyl (C=O) groups is 3. The number of nitrogens with zero attached hydrogens (tertiary/aromatic N) is 1. The summed E-state index contributed by atoms with van der Waals surface area (Å²) < 4.78 is 5.60. The van der Waals surface area contributed by atoms with E-state index in [2.05, 4.69) is 5.32 Å². The Morgan fingerprint density at radius 3 is 2.57 bits per heavy atom. The molecule has 0 radical (unpaired) electrons. The maximum atomic E-state index is 13.3. The molecule has 2 saturated heterocycles. The first kappa shape index (κ1) is 22.2. The van der Waals surface area contributed by atoms with Crippen LogP contribution in [0.5, 0.6) is 0 Å². The fraction of sp³-hybridized carbons (Fsp3) is 0.591. The normalized spacial score (nSPS) is 25.8. The molecular weight excluding hydrogens is 388 g/mol. The number of aliphatic carboxylic acids is 2. The minimum atomic E-state index is -1.03. The molecule has 164 valence electrons. The van der Waals surface area contributed by atoms with Crippen LogP contribution in [-0.4, -0.2) is 69.8 Å². The molecule has 4 atom stereocenters. The quantitative estimate of drug-likeness (QED) is 0.588. The Morgan fingerprint density at radius 2 is 1.97 bits per heavy atom. The van der Waals surface area contributed by atoms with Gasteiger partial charge in [0.25, 0.3) is 0 Å².